The Labute approximate surface area is 177 Å². The van der Waals surface area contributed by atoms with Crippen molar-refractivity contribution in [3.05, 3.63) is 80.8 Å². The van der Waals surface area contributed by atoms with Crippen LogP contribution in [-0.2, 0) is 11.3 Å². The third-order valence-electron chi connectivity index (χ3n) is 4.09. The highest BCUT2D eigenvalue weighted by Crippen LogP contribution is 2.36. The molecule has 0 fully saturated rings. The molecule has 0 N–H and O–H groups in total. The zero-order valence-electron chi connectivity index (χ0n) is 15.2. The highest BCUT2D eigenvalue weighted by Gasteiger charge is 2.22. The van der Waals surface area contributed by atoms with Crippen LogP contribution < -0.4 is 4.74 Å². The van der Waals surface area contributed by atoms with E-state index in [4.69, 9.17) is 44.3 Å². The van der Waals surface area contributed by atoms with Gasteiger partial charge in [0, 0.05) is 17.4 Å². The van der Waals surface area contributed by atoms with Gasteiger partial charge in [-0.05, 0) is 37.1 Å². The molecule has 1 atom stereocenters. The normalized spacial score (nSPS) is 11.9. The van der Waals surface area contributed by atoms with Gasteiger partial charge in [0.15, 0.2) is 5.75 Å². The number of carbonyl (C=O) groups excluding carboxylic acids is 1. The Morgan fingerprint density at radius 1 is 1.14 bits per heavy atom. The molecule has 0 saturated carbocycles. The zero-order chi connectivity index (χ0) is 20.3. The number of hydrogen-bond acceptors (Lipinski definition) is 4. The molecule has 8 heteroatoms. The summed E-state index contributed by atoms with van der Waals surface area (Å²) in [6.45, 7) is 4.34. The molecular formula is C20H17Cl3N2O3. The van der Waals surface area contributed by atoms with Crippen molar-refractivity contribution in [2.45, 2.75) is 26.5 Å². The van der Waals surface area contributed by atoms with Gasteiger partial charge in [0.1, 0.15) is 6.10 Å². The molecule has 3 aromatic rings. The van der Waals surface area contributed by atoms with Gasteiger partial charge in [-0.15, -0.1) is 0 Å². The second kappa shape index (κ2) is 8.86. The summed E-state index contributed by atoms with van der Waals surface area (Å²) in [5.74, 6) is -0.000239. The van der Waals surface area contributed by atoms with E-state index < -0.39 is 12.3 Å². The maximum Gasteiger partial charge on any atom is 0.514 e. The molecule has 0 saturated heterocycles. The molecule has 5 nitrogen and oxygen atoms in total. The number of imidazole rings is 1. The van der Waals surface area contributed by atoms with Crippen LogP contribution in [0.25, 0.3) is 0 Å². The van der Waals surface area contributed by atoms with E-state index in [9.17, 15) is 4.79 Å². The van der Waals surface area contributed by atoms with Crippen LogP contribution in [0.1, 0.15) is 22.8 Å². The van der Waals surface area contributed by atoms with Gasteiger partial charge in [0.2, 0.25) is 0 Å². The molecule has 1 aromatic heterocycles. The molecule has 1 unspecified atom stereocenters. The van der Waals surface area contributed by atoms with Crippen LogP contribution in [0.3, 0.4) is 0 Å². The number of halogens is 3. The summed E-state index contributed by atoms with van der Waals surface area (Å²) in [5.41, 5.74) is 2.98. The van der Waals surface area contributed by atoms with Crippen molar-refractivity contribution in [2.24, 2.45) is 0 Å². The number of carbonyl (C=O) groups is 1. The Hall–Kier alpha value is -2.21. The lowest BCUT2D eigenvalue weighted by molar-refractivity contribution is 0.0498. The Bertz CT molecular complexity index is 967. The van der Waals surface area contributed by atoms with E-state index in [0.29, 0.717) is 11.6 Å². The van der Waals surface area contributed by atoms with Crippen molar-refractivity contribution >= 4 is 41.0 Å². The summed E-state index contributed by atoms with van der Waals surface area (Å²) in [6, 6.07) is 8.79. The highest BCUT2D eigenvalue weighted by atomic mass is 35.5. The van der Waals surface area contributed by atoms with Crippen molar-refractivity contribution < 1.29 is 14.3 Å². The van der Waals surface area contributed by atoms with Gasteiger partial charge in [-0.3, -0.25) is 0 Å². The molecule has 0 aliphatic heterocycles. The number of nitrogens with zero attached hydrogens (tertiary/aromatic N) is 2. The topological polar surface area (TPSA) is 53.4 Å². The molecule has 0 aliphatic carbocycles. The Morgan fingerprint density at radius 2 is 1.86 bits per heavy atom. The van der Waals surface area contributed by atoms with Crippen molar-refractivity contribution in [1.29, 1.82) is 0 Å². The van der Waals surface area contributed by atoms with E-state index in [1.54, 1.807) is 18.7 Å². The third-order valence-corrected chi connectivity index (χ3v) is 4.87. The third kappa shape index (κ3) is 4.98. The minimum Gasteiger partial charge on any atom is -0.424 e. The predicted molar refractivity (Wildman–Crippen MR) is 109 cm³/mol. The van der Waals surface area contributed by atoms with Crippen LogP contribution in [0.2, 0.25) is 15.1 Å². The summed E-state index contributed by atoms with van der Waals surface area (Å²) >= 11 is 18.0. The van der Waals surface area contributed by atoms with Crippen LogP contribution in [-0.4, -0.2) is 15.7 Å². The fraction of sp³-hybridized carbons (Fsp3) is 0.200. The fourth-order valence-corrected chi connectivity index (χ4v) is 3.72. The summed E-state index contributed by atoms with van der Waals surface area (Å²) in [4.78, 5) is 16.5. The monoisotopic (exact) mass is 438 g/mol. The van der Waals surface area contributed by atoms with Gasteiger partial charge in [0.25, 0.3) is 0 Å². The lowest BCUT2D eigenvalue weighted by Gasteiger charge is -2.21. The summed E-state index contributed by atoms with van der Waals surface area (Å²) in [6.07, 6.45) is 3.59. The second-order valence-corrected chi connectivity index (χ2v) is 7.53. The molecule has 146 valence electrons. The summed E-state index contributed by atoms with van der Waals surface area (Å²) in [5, 5.41) is 0.572. The second-order valence-electron chi connectivity index (χ2n) is 6.28. The lowest BCUT2D eigenvalue weighted by Crippen LogP contribution is -2.20. The SMILES string of the molecule is Cc1ccc(C(Cn2ccnc2)OC(=O)Oc2c(Cl)cc(Cl)cc2Cl)c(C)c1. The van der Waals surface area contributed by atoms with Gasteiger partial charge in [-0.1, -0.05) is 58.6 Å². The van der Waals surface area contributed by atoms with Gasteiger partial charge >= 0.3 is 6.16 Å². The number of benzene rings is 2. The Kier molecular flexibility index (Phi) is 6.50. The van der Waals surface area contributed by atoms with Crippen LogP contribution in [0.5, 0.6) is 5.75 Å². The van der Waals surface area contributed by atoms with Crippen molar-refractivity contribution in [3.8, 4) is 5.75 Å². The van der Waals surface area contributed by atoms with Crippen molar-refractivity contribution in [2.75, 3.05) is 0 Å². The van der Waals surface area contributed by atoms with Crippen LogP contribution in [0.15, 0.2) is 49.1 Å². The lowest BCUT2D eigenvalue weighted by atomic mass is 10.0. The minimum absolute atomic E-state index is 0.000239. The first-order valence-corrected chi connectivity index (χ1v) is 9.53. The van der Waals surface area contributed by atoms with Gasteiger partial charge in [0.05, 0.1) is 22.9 Å². The maximum absolute atomic E-state index is 12.5. The van der Waals surface area contributed by atoms with Gasteiger partial charge in [-0.25, -0.2) is 9.78 Å². The maximum atomic E-state index is 12.5. The highest BCUT2D eigenvalue weighted by molar-refractivity contribution is 6.40. The molecule has 0 radical (unpaired) electrons. The molecule has 0 amide bonds. The van der Waals surface area contributed by atoms with E-state index in [1.807, 2.05) is 36.6 Å². The molecule has 28 heavy (non-hydrogen) atoms. The molecule has 2 aromatic carbocycles. The van der Waals surface area contributed by atoms with Crippen molar-refractivity contribution in [1.82, 2.24) is 9.55 Å². The molecule has 0 aliphatic rings. The summed E-state index contributed by atoms with van der Waals surface area (Å²) in [7, 11) is 0. The van der Waals surface area contributed by atoms with Crippen molar-refractivity contribution in [3.63, 3.8) is 0 Å². The zero-order valence-corrected chi connectivity index (χ0v) is 17.4. The first kappa shape index (κ1) is 20.5. The first-order chi connectivity index (χ1) is 13.3. The number of hydrogen-bond donors (Lipinski definition) is 0. The Morgan fingerprint density at radius 3 is 2.46 bits per heavy atom. The van der Waals surface area contributed by atoms with Gasteiger partial charge < -0.3 is 14.0 Å². The van der Waals surface area contributed by atoms with E-state index in [-0.39, 0.29) is 15.8 Å². The molecule has 3 rings (SSSR count). The summed E-state index contributed by atoms with van der Waals surface area (Å²) < 4.78 is 12.7. The van der Waals surface area contributed by atoms with E-state index in [2.05, 4.69) is 4.98 Å². The number of aromatic nitrogens is 2. The average molecular weight is 440 g/mol. The molecule has 0 spiro atoms. The van der Waals surface area contributed by atoms with E-state index in [0.717, 1.165) is 16.7 Å². The average Bonchev–Trinajstić information content (AvgIpc) is 3.10. The molecule has 0 bridgehead atoms. The number of rotatable bonds is 5. The molecular weight excluding hydrogens is 423 g/mol. The van der Waals surface area contributed by atoms with Gasteiger partial charge in [-0.2, -0.15) is 0 Å². The molecule has 1 heterocycles. The van der Waals surface area contributed by atoms with Crippen LogP contribution in [0, 0.1) is 13.8 Å². The smallest absolute Gasteiger partial charge is 0.424 e. The quantitative estimate of drug-likeness (QED) is 0.340. The van der Waals surface area contributed by atoms with E-state index >= 15 is 0 Å². The Balaban J connectivity index is 1.84. The predicted octanol–water partition coefficient (Wildman–Crippen LogP) is 6.42. The fourth-order valence-electron chi connectivity index (χ4n) is 2.82. The van der Waals surface area contributed by atoms with Crippen LogP contribution in [0.4, 0.5) is 4.79 Å². The number of ether oxygens (including phenoxy) is 2. The first-order valence-electron chi connectivity index (χ1n) is 8.39. The minimum atomic E-state index is -0.920. The largest absolute Gasteiger partial charge is 0.514 e. The van der Waals surface area contributed by atoms with E-state index in [1.165, 1.54) is 12.1 Å². The standard InChI is InChI=1S/C20H17Cl3N2O3/c1-12-3-4-15(13(2)7-12)18(10-25-6-5-24-11-25)27-20(26)28-19-16(22)8-14(21)9-17(19)23/h3-9,11,18H,10H2,1-2H3. The van der Waals surface area contributed by atoms with Crippen LogP contribution >= 0.6 is 34.8 Å². The number of aryl methyl sites for hydroxylation is 2.